The van der Waals surface area contributed by atoms with Crippen molar-refractivity contribution in [2.45, 2.75) is 39.3 Å². The smallest absolute Gasteiger partial charge is 0.417 e. The molecule has 0 radical (unpaired) electrons. The standard InChI is InChI=1S/C23H27F3N4O3/c1-14-15(2)29-21(28-14)19-20(33-22(31)23(24,25)26)18(5-8-27-19)17-4-3-9-30(13-17)12-16-6-10-32-11-7-16/h4-5,8,16H,3,6-7,9-13H2,1-2H3,(H,28,29). The number of aryl methyl sites for hydroxylation is 2. The van der Waals surface area contributed by atoms with E-state index in [0.717, 1.165) is 56.8 Å². The average Bonchev–Trinajstić information content (AvgIpc) is 3.12. The molecule has 178 valence electrons. The molecule has 1 fully saturated rings. The summed E-state index contributed by atoms with van der Waals surface area (Å²) < 4.78 is 49.6. The highest BCUT2D eigenvalue weighted by Crippen LogP contribution is 2.37. The number of pyridine rings is 1. The molecule has 2 aliphatic heterocycles. The second-order valence-corrected chi connectivity index (χ2v) is 8.53. The van der Waals surface area contributed by atoms with Gasteiger partial charge in [0.05, 0.1) is 5.69 Å². The van der Waals surface area contributed by atoms with Gasteiger partial charge in [-0.15, -0.1) is 0 Å². The third-order valence-electron chi connectivity index (χ3n) is 6.12. The summed E-state index contributed by atoms with van der Waals surface area (Å²) >= 11 is 0. The fourth-order valence-corrected chi connectivity index (χ4v) is 4.23. The first-order valence-corrected chi connectivity index (χ1v) is 11.0. The molecular weight excluding hydrogens is 437 g/mol. The molecule has 33 heavy (non-hydrogen) atoms. The largest absolute Gasteiger partial charge is 0.491 e. The van der Waals surface area contributed by atoms with Crippen molar-refractivity contribution in [3.8, 4) is 17.3 Å². The van der Waals surface area contributed by atoms with E-state index in [0.29, 0.717) is 23.7 Å². The van der Waals surface area contributed by atoms with E-state index in [9.17, 15) is 18.0 Å². The van der Waals surface area contributed by atoms with Crippen molar-refractivity contribution in [1.82, 2.24) is 19.9 Å². The zero-order chi connectivity index (χ0) is 23.6. The fourth-order valence-electron chi connectivity index (χ4n) is 4.23. The van der Waals surface area contributed by atoms with Crippen LogP contribution < -0.4 is 4.74 Å². The monoisotopic (exact) mass is 464 g/mol. The third kappa shape index (κ3) is 5.44. The molecule has 0 aromatic carbocycles. The number of hydrogen-bond acceptors (Lipinski definition) is 6. The highest BCUT2D eigenvalue weighted by molar-refractivity contribution is 5.84. The van der Waals surface area contributed by atoms with E-state index in [1.54, 1.807) is 19.9 Å². The summed E-state index contributed by atoms with van der Waals surface area (Å²) in [6.07, 6.45) is 1.11. The van der Waals surface area contributed by atoms with Crippen molar-refractivity contribution in [3.63, 3.8) is 0 Å². The number of alkyl halides is 3. The van der Waals surface area contributed by atoms with Gasteiger partial charge in [-0.1, -0.05) is 6.08 Å². The van der Waals surface area contributed by atoms with Gasteiger partial charge < -0.3 is 14.5 Å². The normalized spacial score (nSPS) is 18.3. The van der Waals surface area contributed by atoms with Gasteiger partial charge in [-0.3, -0.25) is 4.90 Å². The molecule has 0 aliphatic carbocycles. The molecule has 1 N–H and O–H groups in total. The molecule has 0 saturated carbocycles. The first-order chi connectivity index (χ1) is 15.7. The maximum absolute atomic E-state index is 13.1. The minimum atomic E-state index is -5.13. The molecule has 2 aromatic rings. The summed E-state index contributed by atoms with van der Waals surface area (Å²) in [6.45, 7) is 7.41. The molecule has 0 bridgehead atoms. The number of imidazole rings is 1. The van der Waals surface area contributed by atoms with Crippen LogP contribution in [0.1, 0.15) is 36.2 Å². The summed E-state index contributed by atoms with van der Waals surface area (Å²) in [7, 11) is 0. The Kier molecular flexibility index (Phi) is 6.85. The molecule has 10 heteroatoms. The van der Waals surface area contributed by atoms with Crippen molar-refractivity contribution in [2.24, 2.45) is 5.92 Å². The second-order valence-electron chi connectivity index (χ2n) is 8.53. The average molecular weight is 464 g/mol. The van der Waals surface area contributed by atoms with Gasteiger partial charge in [-0.2, -0.15) is 13.2 Å². The third-order valence-corrected chi connectivity index (χ3v) is 6.12. The SMILES string of the molecule is Cc1nc(-c2nccc(C3=CCCN(CC4CCOCC4)C3)c2OC(=O)C(F)(F)F)[nH]c1C. The van der Waals surface area contributed by atoms with Crippen molar-refractivity contribution in [2.75, 3.05) is 32.8 Å². The van der Waals surface area contributed by atoms with E-state index in [-0.39, 0.29) is 17.3 Å². The van der Waals surface area contributed by atoms with Crippen LogP contribution in [0, 0.1) is 19.8 Å². The molecule has 7 nitrogen and oxygen atoms in total. The van der Waals surface area contributed by atoms with Crippen LogP contribution in [-0.4, -0.2) is 64.8 Å². The number of hydrogen-bond donors (Lipinski definition) is 1. The number of carbonyl (C=O) groups excluding carboxylic acids is 1. The number of ether oxygens (including phenoxy) is 2. The van der Waals surface area contributed by atoms with Crippen LogP contribution in [0.3, 0.4) is 0 Å². The van der Waals surface area contributed by atoms with E-state index >= 15 is 0 Å². The highest BCUT2D eigenvalue weighted by Gasteiger charge is 2.42. The Hall–Kier alpha value is -2.72. The maximum atomic E-state index is 13.1. The van der Waals surface area contributed by atoms with Crippen LogP contribution in [0.2, 0.25) is 0 Å². The van der Waals surface area contributed by atoms with Gasteiger partial charge in [0.2, 0.25) is 0 Å². The minimum Gasteiger partial charge on any atom is -0.417 e. The molecule has 2 aromatic heterocycles. The van der Waals surface area contributed by atoms with Crippen LogP contribution in [0.15, 0.2) is 18.3 Å². The summed E-state index contributed by atoms with van der Waals surface area (Å²) in [5.74, 6) is -1.73. The number of aromatic nitrogens is 3. The van der Waals surface area contributed by atoms with Crippen molar-refractivity contribution < 1.29 is 27.4 Å². The summed E-state index contributed by atoms with van der Waals surface area (Å²) in [5, 5.41) is 0. The van der Waals surface area contributed by atoms with Crippen molar-refractivity contribution in [3.05, 3.63) is 35.3 Å². The van der Waals surface area contributed by atoms with E-state index in [4.69, 9.17) is 9.47 Å². The molecule has 0 unspecified atom stereocenters. The van der Waals surface area contributed by atoms with Gasteiger partial charge in [-0.25, -0.2) is 14.8 Å². The topological polar surface area (TPSA) is 80.3 Å². The molecule has 1 saturated heterocycles. The lowest BCUT2D eigenvalue weighted by molar-refractivity contribution is -0.189. The Bertz CT molecular complexity index is 1020. The Balaban J connectivity index is 1.67. The summed E-state index contributed by atoms with van der Waals surface area (Å²) in [5.41, 5.74) is 2.74. The predicted molar refractivity (Wildman–Crippen MR) is 116 cm³/mol. The van der Waals surface area contributed by atoms with Crippen LogP contribution in [-0.2, 0) is 9.53 Å². The first kappa shape index (κ1) is 23.4. The molecule has 0 spiro atoms. The Labute approximate surface area is 190 Å². The zero-order valence-electron chi connectivity index (χ0n) is 18.7. The predicted octanol–water partition coefficient (Wildman–Crippen LogP) is 4.07. The number of carbonyl (C=O) groups is 1. The first-order valence-electron chi connectivity index (χ1n) is 11.0. The molecule has 0 atom stereocenters. The zero-order valence-corrected chi connectivity index (χ0v) is 18.7. The number of esters is 1. The van der Waals surface area contributed by atoms with E-state index in [1.165, 1.54) is 6.20 Å². The quantitative estimate of drug-likeness (QED) is 0.672. The Morgan fingerprint density at radius 2 is 2.06 bits per heavy atom. The van der Waals surface area contributed by atoms with Gasteiger partial charge in [-0.05, 0) is 50.7 Å². The van der Waals surface area contributed by atoms with Crippen LogP contribution in [0.5, 0.6) is 5.75 Å². The lowest BCUT2D eigenvalue weighted by Crippen LogP contribution is -2.36. The van der Waals surface area contributed by atoms with Crippen LogP contribution >= 0.6 is 0 Å². The number of halogens is 3. The van der Waals surface area contributed by atoms with Gasteiger partial charge in [0.1, 0.15) is 5.69 Å². The molecule has 4 heterocycles. The molecular formula is C23H27F3N4O3. The number of aromatic amines is 1. The van der Waals surface area contributed by atoms with E-state index in [1.807, 2.05) is 6.08 Å². The molecule has 0 amide bonds. The summed E-state index contributed by atoms with van der Waals surface area (Å²) in [6, 6.07) is 1.59. The van der Waals surface area contributed by atoms with E-state index in [2.05, 4.69) is 19.9 Å². The van der Waals surface area contributed by atoms with Gasteiger partial charge in [0, 0.05) is 50.3 Å². The fraction of sp³-hybridized carbons (Fsp3) is 0.522. The summed E-state index contributed by atoms with van der Waals surface area (Å²) in [4.78, 5) is 25.7. The van der Waals surface area contributed by atoms with Gasteiger partial charge in [0.15, 0.2) is 11.6 Å². The van der Waals surface area contributed by atoms with Gasteiger partial charge >= 0.3 is 12.1 Å². The number of H-pyrrole nitrogens is 1. The van der Waals surface area contributed by atoms with Crippen molar-refractivity contribution in [1.29, 1.82) is 0 Å². The number of nitrogens with zero attached hydrogens (tertiary/aromatic N) is 3. The Morgan fingerprint density at radius 3 is 2.73 bits per heavy atom. The lowest BCUT2D eigenvalue weighted by Gasteiger charge is -2.32. The number of nitrogens with one attached hydrogen (secondary N) is 1. The van der Waals surface area contributed by atoms with Gasteiger partial charge in [0.25, 0.3) is 0 Å². The van der Waals surface area contributed by atoms with E-state index < -0.39 is 12.1 Å². The maximum Gasteiger partial charge on any atom is 0.491 e. The Morgan fingerprint density at radius 1 is 1.30 bits per heavy atom. The molecule has 4 rings (SSSR count). The second kappa shape index (κ2) is 9.64. The molecule has 2 aliphatic rings. The highest BCUT2D eigenvalue weighted by atomic mass is 19.4. The minimum absolute atomic E-state index is 0.0729. The van der Waals surface area contributed by atoms with Crippen molar-refractivity contribution >= 4 is 11.5 Å². The lowest BCUT2D eigenvalue weighted by atomic mass is 9.96. The van der Waals surface area contributed by atoms with Crippen LogP contribution in [0.4, 0.5) is 13.2 Å². The van der Waals surface area contributed by atoms with Crippen LogP contribution in [0.25, 0.3) is 17.1 Å². The number of rotatable bonds is 5.